The summed E-state index contributed by atoms with van der Waals surface area (Å²) in [5, 5.41) is 11.2. The van der Waals surface area contributed by atoms with Crippen LogP contribution in [0.2, 0.25) is 5.02 Å². The first-order valence-corrected chi connectivity index (χ1v) is 8.63. The maximum atomic E-state index is 12.8. The van der Waals surface area contributed by atoms with E-state index in [0.717, 1.165) is 9.87 Å². The van der Waals surface area contributed by atoms with Crippen LogP contribution in [0, 0.1) is 17.0 Å². The van der Waals surface area contributed by atoms with Crippen LogP contribution in [0.25, 0.3) is 0 Å². The number of nitrogens with zero attached hydrogens (tertiary/aromatic N) is 2. The third-order valence-corrected chi connectivity index (χ3v) is 5.52. The van der Waals surface area contributed by atoms with E-state index in [4.69, 9.17) is 11.6 Å². The summed E-state index contributed by atoms with van der Waals surface area (Å²) >= 11 is 5.88. The molecule has 0 heterocycles. The zero-order valence-electron chi connectivity index (χ0n) is 12.6. The van der Waals surface area contributed by atoms with E-state index in [9.17, 15) is 18.5 Å². The summed E-state index contributed by atoms with van der Waals surface area (Å²) in [6.45, 7) is 3.49. The summed E-state index contributed by atoms with van der Waals surface area (Å²) in [5.41, 5.74) is 0.443. The molecule has 0 radical (unpaired) electrons. The van der Waals surface area contributed by atoms with Crippen molar-refractivity contribution < 1.29 is 13.3 Å². The number of nitro benzene ring substituents is 1. The van der Waals surface area contributed by atoms with Gasteiger partial charge in [0.1, 0.15) is 10.7 Å². The van der Waals surface area contributed by atoms with Crippen LogP contribution in [0.5, 0.6) is 0 Å². The highest BCUT2D eigenvalue weighted by Crippen LogP contribution is 2.37. The van der Waals surface area contributed by atoms with Crippen LogP contribution in [0.3, 0.4) is 0 Å². The van der Waals surface area contributed by atoms with Gasteiger partial charge in [0.2, 0.25) is 0 Å². The number of aryl methyl sites for hydroxylation is 1. The third kappa shape index (κ3) is 3.30. The van der Waals surface area contributed by atoms with Crippen molar-refractivity contribution in [2.75, 3.05) is 10.8 Å². The topological polar surface area (TPSA) is 80.5 Å². The summed E-state index contributed by atoms with van der Waals surface area (Å²) in [5.74, 6) is 0. The first-order chi connectivity index (χ1) is 10.8. The molecule has 0 unspecified atom stereocenters. The lowest BCUT2D eigenvalue weighted by Crippen LogP contribution is -2.31. The van der Waals surface area contributed by atoms with Crippen LogP contribution in [-0.2, 0) is 10.0 Å². The minimum atomic E-state index is -3.92. The van der Waals surface area contributed by atoms with Gasteiger partial charge < -0.3 is 0 Å². The molecular formula is C15H15ClN2O4S. The van der Waals surface area contributed by atoms with Crippen molar-refractivity contribution in [3.05, 3.63) is 63.2 Å². The summed E-state index contributed by atoms with van der Waals surface area (Å²) in [6, 6.07) is 10.5. The van der Waals surface area contributed by atoms with Crippen molar-refractivity contribution >= 4 is 33.0 Å². The van der Waals surface area contributed by atoms with E-state index >= 15 is 0 Å². The van der Waals surface area contributed by atoms with Crippen LogP contribution in [0.4, 0.5) is 11.4 Å². The van der Waals surface area contributed by atoms with Crippen molar-refractivity contribution in [2.24, 2.45) is 0 Å². The fourth-order valence-corrected chi connectivity index (χ4v) is 3.91. The monoisotopic (exact) mass is 354 g/mol. The summed E-state index contributed by atoms with van der Waals surface area (Å²) in [4.78, 5) is 10.7. The lowest BCUT2D eigenvalue weighted by molar-refractivity contribution is -0.383. The molecule has 122 valence electrons. The molecule has 0 aliphatic carbocycles. The molecule has 0 saturated carbocycles. The maximum absolute atomic E-state index is 12.8. The molecule has 0 amide bonds. The largest absolute Gasteiger partial charge is 0.311 e. The number of halogens is 1. The molecule has 0 bridgehead atoms. The standard InChI is InChI=1S/C15H15ClN2O4S/c1-3-17(14-6-4-5-13(16)15(14)18(19)20)23(21,22)12-9-7-11(2)8-10-12/h4-10H,3H2,1-2H3. The molecule has 0 spiro atoms. The van der Waals surface area contributed by atoms with Crippen LogP contribution in [0.15, 0.2) is 47.4 Å². The number of rotatable bonds is 5. The molecule has 0 N–H and O–H groups in total. The number of hydrogen-bond acceptors (Lipinski definition) is 4. The lowest BCUT2D eigenvalue weighted by Gasteiger charge is -2.23. The predicted octanol–water partition coefficient (Wildman–Crippen LogP) is 3.77. The van der Waals surface area contributed by atoms with E-state index in [0.29, 0.717) is 0 Å². The average Bonchev–Trinajstić information content (AvgIpc) is 2.47. The van der Waals surface area contributed by atoms with Crippen LogP contribution in [-0.4, -0.2) is 19.9 Å². The smallest absolute Gasteiger partial charge is 0.260 e. The molecule has 0 aromatic heterocycles. The zero-order valence-corrected chi connectivity index (χ0v) is 14.1. The van der Waals surface area contributed by atoms with Crippen LogP contribution >= 0.6 is 11.6 Å². The predicted molar refractivity (Wildman–Crippen MR) is 89.5 cm³/mol. The molecule has 0 saturated heterocycles. The van der Waals surface area contributed by atoms with E-state index in [1.807, 2.05) is 6.92 Å². The number of hydrogen-bond donors (Lipinski definition) is 0. The Kier molecular flexibility index (Phi) is 4.91. The molecule has 6 nitrogen and oxygen atoms in total. The van der Waals surface area contributed by atoms with Gasteiger partial charge in [-0.25, -0.2) is 8.42 Å². The number of nitro groups is 1. The molecule has 2 aromatic carbocycles. The molecule has 0 aliphatic heterocycles. The molecule has 0 aliphatic rings. The van der Waals surface area contributed by atoms with Gasteiger partial charge in [-0.3, -0.25) is 14.4 Å². The van der Waals surface area contributed by atoms with Gasteiger partial charge in [0.25, 0.3) is 10.0 Å². The number of para-hydroxylation sites is 1. The van der Waals surface area contributed by atoms with E-state index < -0.39 is 20.6 Å². The minimum Gasteiger partial charge on any atom is -0.260 e. The fraction of sp³-hybridized carbons (Fsp3) is 0.200. The minimum absolute atomic E-state index is 0.0391. The van der Waals surface area contributed by atoms with Crippen molar-refractivity contribution in [3.8, 4) is 0 Å². The highest BCUT2D eigenvalue weighted by Gasteiger charge is 2.30. The van der Waals surface area contributed by atoms with Gasteiger partial charge in [0.05, 0.1) is 9.82 Å². The summed E-state index contributed by atoms with van der Waals surface area (Å²) in [7, 11) is -3.92. The summed E-state index contributed by atoms with van der Waals surface area (Å²) < 4.78 is 26.6. The third-order valence-electron chi connectivity index (χ3n) is 3.31. The van der Waals surface area contributed by atoms with E-state index in [1.165, 1.54) is 30.3 Å². The molecule has 2 aromatic rings. The molecular weight excluding hydrogens is 340 g/mol. The van der Waals surface area contributed by atoms with E-state index in [-0.39, 0.29) is 22.2 Å². The highest BCUT2D eigenvalue weighted by molar-refractivity contribution is 7.92. The number of benzene rings is 2. The Morgan fingerprint density at radius 2 is 1.78 bits per heavy atom. The van der Waals surface area contributed by atoms with Crippen molar-refractivity contribution in [2.45, 2.75) is 18.7 Å². The Morgan fingerprint density at radius 1 is 1.17 bits per heavy atom. The second-order valence-electron chi connectivity index (χ2n) is 4.85. The number of anilines is 1. The van der Waals surface area contributed by atoms with E-state index in [1.54, 1.807) is 19.1 Å². The van der Waals surface area contributed by atoms with Gasteiger partial charge in [-0.15, -0.1) is 0 Å². The molecule has 8 heteroatoms. The Bertz CT molecular complexity index is 835. The number of sulfonamides is 1. The first kappa shape index (κ1) is 17.2. The van der Waals surface area contributed by atoms with Gasteiger partial charge in [-0.1, -0.05) is 35.4 Å². The van der Waals surface area contributed by atoms with E-state index in [2.05, 4.69) is 0 Å². The Labute approximate surface area is 139 Å². The first-order valence-electron chi connectivity index (χ1n) is 6.81. The highest BCUT2D eigenvalue weighted by atomic mass is 35.5. The van der Waals surface area contributed by atoms with Gasteiger partial charge in [-0.05, 0) is 38.1 Å². The molecule has 2 rings (SSSR count). The molecule has 0 fully saturated rings. The van der Waals surface area contributed by atoms with Crippen molar-refractivity contribution in [1.29, 1.82) is 0 Å². The Hall–Kier alpha value is -2.12. The fourth-order valence-electron chi connectivity index (χ4n) is 2.19. The van der Waals surface area contributed by atoms with Crippen molar-refractivity contribution in [3.63, 3.8) is 0 Å². The lowest BCUT2D eigenvalue weighted by atomic mass is 10.2. The van der Waals surface area contributed by atoms with Crippen LogP contribution in [0.1, 0.15) is 12.5 Å². The second-order valence-corrected chi connectivity index (χ2v) is 7.12. The SMILES string of the molecule is CCN(c1cccc(Cl)c1[N+](=O)[O-])S(=O)(=O)c1ccc(C)cc1. The maximum Gasteiger partial charge on any atom is 0.311 e. The summed E-state index contributed by atoms with van der Waals surface area (Å²) in [6.07, 6.45) is 0. The molecule has 23 heavy (non-hydrogen) atoms. The van der Waals surface area contributed by atoms with Gasteiger partial charge >= 0.3 is 5.69 Å². The normalized spacial score (nSPS) is 11.3. The Morgan fingerprint density at radius 3 is 2.30 bits per heavy atom. The van der Waals surface area contributed by atoms with Crippen LogP contribution < -0.4 is 4.31 Å². The zero-order chi connectivity index (χ0) is 17.2. The van der Waals surface area contributed by atoms with Crippen molar-refractivity contribution in [1.82, 2.24) is 0 Å². The Balaban J connectivity index is 2.63. The van der Waals surface area contributed by atoms with Gasteiger partial charge in [-0.2, -0.15) is 0 Å². The average molecular weight is 355 g/mol. The van der Waals surface area contributed by atoms with Gasteiger partial charge in [0, 0.05) is 6.54 Å². The quantitative estimate of drug-likeness (QED) is 0.604. The van der Waals surface area contributed by atoms with Gasteiger partial charge in [0.15, 0.2) is 0 Å². The second kappa shape index (κ2) is 6.55. The molecule has 0 atom stereocenters.